The van der Waals surface area contributed by atoms with Crippen molar-refractivity contribution < 1.29 is 18.3 Å². The number of ether oxygens (including phenoxy) is 2. The number of fused-ring (bicyclic) bond motifs is 2. The van der Waals surface area contributed by atoms with Gasteiger partial charge in [0, 0.05) is 31.1 Å². The lowest BCUT2D eigenvalue weighted by Gasteiger charge is -2.23. The SMILES string of the molecule is CC(Oc1ccc2c(c1)c(C1=NC3CNCC3N1)nn2C1CCCCO1)c1cc(F)cc(F)c1. The van der Waals surface area contributed by atoms with Crippen LogP contribution in [0.4, 0.5) is 8.78 Å². The molecule has 0 spiro atoms. The minimum absolute atomic E-state index is 0.117. The Bertz CT molecular complexity index is 1230. The van der Waals surface area contributed by atoms with E-state index in [4.69, 9.17) is 19.6 Å². The van der Waals surface area contributed by atoms with Gasteiger partial charge in [-0.15, -0.1) is 0 Å². The number of halogens is 2. The molecule has 2 saturated heterocycles. The van der Waals surface area contributed by atoms with E-state index in [1.165, 1.54) is 12.1 Å². The number of benzene rings is 2. The molecule has 3 aliphatic rings. The van der Waals surface area contributed by atoms with Crippen LogP contribution in [-0.2, 0) is 4.74 Å². The highest BCUT2D eigenvalue weighted by Crippen LogP contribution is 2.33. The van der Waals surface area contributed by atoms with Gasteiger partial charge in [-0.05, 0) is 62.1 Å². The molecule has 178 valence electrons. The third-order valence-corrected chi connectivity index (χ3v) is 6.80. The second-order valence-electron chi connectivity index (χ2n) is 9.21. The molecule has 6 rings (SSSR count). The van der Waals surface area contributed by atoms with Crippen LogP contribution < -0.4 is 15.4 Å². The highest BCUT2D eigenvalue weighted by molar-refractivity contribution is 6.09. The molecule has 1 aromatic heterocycles. The van der Waals surface area contributed by atoms with Crippen LogP contribution >= 0.6 is 0 Å². The highest BCUT2D eigenvalue weighted by atomic mass is 19.1. The third kappa shape index (κ3) is 3.92. The maximum Gasteiger partial charge on any atom is 0.150 e. The van der Waals surface area contributed by atoms with Crippen LogP contribution in [0, 0.1) is 11.6 Å². The van der Waals surface area contributed by atoms with Crippen LogP contribution in [0.25, 0.3) is 10.9 Å². The van der Waals surface area contributed by atoms with Crippen molar-refractivity contribution in [2.24, 2.45) is 4.99 Å². The molecule has 2 N–H and O–H groups in total. The van der Waals surface area contributed by atoms with Crippen LogP contribution in [0.3, 0.4) is 0 Å². The van der Waals surface area contributed by atoms with Crippen molar-refractivity contribution in [3.05, 3.63) is 59.3 Å². The molecule has 3 aliphatic heterocycles. The first-order valence-corrected chi connectivity index (χ1v) is 11.9. The number of aliphatic imine (C=N–C) groups is 1. The summed E-state index contributed by atoms with van der Waals surface area (Å²) in [6, 6.07) is 9.67. The maximum absolute atomic E-state index is 13.7. The van der Waals surface area contributed by atoms with E-state index < -0.39 is 17.7 Å². The molecule has 0 amide bonds. The van der Waals surface area contributed by atoms with Gasteiger partial charge in [-0.3, -0.25) is 4.99 Å². The van der Waals surface area contributed by atoms with E-state index in [0.29, 0.717) is 11.3 Å². The zero-order valence-electron chi connectivity index (χ0n) is 18.9. The van der Waals surface area contributed by atoms with Crippen LogP contribution in [0.2, 0.25) is 0 Å². The Morgan fingerprint density at radius 2 is 1.97 bits per heavy atom. The van der Waals surface area contributed by atoms with Crippen molar-refractivity contribution in [3.63, 3.8) is 0 Å². The minimum atomic E-state index is -0.623. The summed E-state index contributed by atoms with van der Waals surface area (Å²) in [6.45, 7) is 4.22. The molecular weight excluding hydrogens is 440 g/mol. The van der Waals surface area contributed by atoms with E-state index in [2.05, 4.69) is 10.6 Å². The summed E-state index contributed by atoms with van der Waals surface area (Å²) in [4.78, 5) is 4.89. The fourth-order valence-electron chi connectivity index (χ4n) is 5.04. The Kier molecular flexibility index (Phi) is 5.45. The summed E-state index contributed by atoms with van der Waals surface area (Å²) in [6.07, 6.45) is 2.42. The second-order valence-corrected chi connectivity index (χ2v) is 9.21. The van der Waals surface area contributed by atoms with Crippen molar-refractivity contribution in [2.75, 3.05) is 19.7 Å². The van der Waals surface area contributed by atoms with E-state index in [-0.39, 0.29) is 18.3 Å². The summed E-state index contributed by atoms with van der Waals surface area (Å²) in [7, 11) is 0. The fraction of sp³-hybridized carbons (Fsp3) is 0.440. The standard InChI is InChI=1S/C25H27F2N5O2/c1-14(15-8-16(26)10-17(27)9-15)34-18-5-6-22-19(11-18)24(25-29-20-12-28-13-21(20)30-25)31-32(22)23-4-2-3-7-33-23/h5-6,8-11,14,20-21,23,28H,2-4,7,12-13H2,1H3,(H,29,30). The lowest BCUT2D eigenvalue weighted by Crippen LogP contribution is -2.35. The number of amidine groups is 1. The van der Waals surface area contributed by atoms with Gasteiger partial charge in [0.05, 0.1) is 17.6 Å². The Labute approximate surface area is 196 Å². The summed E-state index contributed by atoms with van der Waals surface area (Å²) >= 11 is 0. The van der Waals surface area contributed by atoms with Crippen LogP contribution in [0.15, 0.2) is 41.4 Å². The topological polar surface area (TPSA) is 72.7 Å². The summed E-state index contributed by atoms with van der Waals surface area (Å²) in [5, 5.41) is 12.7. The molecule has 4 heterocycles. The maximum atomic E-state index is 13.7. The molecule has 2 aromatic carbocycles. The lowest BCUT2D eigenvalue weighted by molar-refractivity contribution is -0.0367. The molecule has 9 heteroatoms. The number of hydrogen-bond donors (Lipinski definition) is 2. The Balaban J connectivity index is 1.37. The largest absolute Gasteiger partial charge is 0.486 e. The van der Waals surface area contributed by atoms with Crippen molar-refractivity contribution in [1.82, 2.24) is 20.4 Å². The molecule has 4 atom stereocenters. The quantitative estimate of drug-likeness (QED) is 0.597. The second kappa shape index (κ2) is 8.63. The normalized spacial score (nSPS) is 25.1. The number of hydrogen-bond acceptors (Lipinski definition) is 6. The zero-order valence-corrected chi connectivity index (χ0v) is 18.9. The number of nitrogens with zero attached hydrogens (tertiary/aromatic N) is 3. The van der Waals surface area contributed by atoms with Gasteiger partial charge in [0.1, 0.15) is 29.2 Å². The van der Waals surface area contributed by atoms with Crippen molar-refractivity contribution in [3.8, 4) is 5.75 Å². The minimum Gasteiger partial charge on any atom is -0.486 e. The first-order valence-electron chi connectivity index (χ1n) is 11.9. The number of aromatic nitrogens is 2. The van der Waals surface area contributed by atoms with E-state index in [1.807, 2.05) is 22.9 Å². The third-order valence-electron chi connectivity index (χ3n) is 6.80. The van der Waals surface area contributed by atoms with Gasteiger partial charge in [0.15, 0.2) is 12.1 Å². The van der Waals surface area contributed by atoms with Crippen molar-refractivity contribution >= 4 is 16.7 Å². The Morgan fingerprint density at radius 1 is 1.12 bits per heavy atom. The molecule has 34 heavy (non-hydrogen) atoms. The van der Waals surface area contributed by atoms with Crippen LogP contribution in [-0.4, -0.2) is 47.4 Å². The van der Waals surface area contributed by atoms with E-state index in [0.717, 1.165) is 67.5 Å². The molecule has 7 nitrogen and oxygen atoms in total. The van der Waals surface area contributed by atoms with Gasteiger partial charge in [-0.1, -0.05) is 0 Å². The fourth-order valence-corrected chi connectivity index (χ4v) is 5.04. The molecule has 0 saturated carbocycles. The predicted octanol–water partition coefficient (Wildman–Crippen LogP) is 3.84. The number of nitrogens with one attached hydrogen (secondary N) is 2. The smallest absolute Gasteiger partial charge is 0.150 e. The van der Waals surface area contributed by atoms with Crippen LogP contribution in [0.1, 0.15) is 49.8 Å². The molecule has 0 bridgehead atoms. The average molecular weight is 468 g/mol. The monoisotopic (exact) mass is 467 g/mol. The Morgan fingerprint density at radius 3 is 2.74 bits per heavy atom. The molecule has 0 radical (unpaired) electrons. The first-order chi connectivity index (χ1) is 16.5. The van der Waals surface area contributed by atoms with Gasteiger partial charge in [-0.25, -0.2) is 13.5 Å². The van der Waals surface area contributed by atoms with E-state index in [1.54, 1.807) is 6.92 Å². The summed E-state index contributed by atoms with van der Waals surface area (Å²) < 4.78 is 41.5. The summed E-state index contributed by atoms with van der Waals surface area (Å²) in [5.41, 5.74) is 2.15. The van der Waals surface area contributed by atoms with Gasteiger partial charge < -0.3 is 20.1 Å². The van der Waals surface area contributed by atoms with E-state index in [9.17, 15) is 8.78 Å². The van der Waals surface area contributed by atoms with Crippen molar-refractivity contribution in [1.29, 1.82) is 0 Å². The Hall–Kier alpha value is -3.04. The average Bonchev–Trinajstić information content (AvgIpc) is 3.52. The highest BCUT2D eigenvalue weighted by Gasteiger charge is 2.35. The van der Waals surface area contributed by atoms with Gasteiger partial charge in [0.25, 0.3) is 0 Å². The van der Waals surface area contributed by atoms with Gasteiger partial charge in [0.2, 0.25) is 0 Å². The van der Waals surface area contributed by atoms with Gasteiger partial charge >= 0.3 is 0 Å². The predicted molar refractivity (Wildman–Crippen MR) is 124 cm³/mol. The number of rotatable bonds is 5. The first kappa shape index (κ1) is 21.5. The lowest BCUT2D eigenvalue weighted by atomic mass is 10.1. The summed E-state index contributed by atoms with van der Waals surface area (Å²) in [5.74, 6) is 0.133. The zero-order chi connectivity index (χ0) is 23.2. The molecular formula is C25H27F2N5O2. The van der Waals surface area contributed by atoms with E-state index >= 15 is 0 Å². The van der Waals surface area contributed by atoms with Crippen LogP contribution in [0.5, 0.6) is 5.75 Å². The molecule has 3 aromatic rings. The van der Waals surface area contributed by atoms with Crippen molar-refractivity contribution in [2.45, 2.75) is 50.6 Å². The van der Waals surface area contributed by atoms with Gasteiger partial charge in [-0.2, -0.15) is 5.10 Å². The molecule has 4 unspecified atom stereocenters. The molecule has 2 fully saturated rings. The molecule has 0 aliphatic carbocycles.